The molecule has 0 radical (unpaired) electrons. The summed E-state index contributed by atoms with van der Waals surface area (Å²) in [6.07, 6.45) is 1.53. The summed E-state index contributed by atoms with van der Waals surface area (Å²) in [7, 11) is 1.71. The lowest BCUT2D eigenvalue weighted by atomic mass is 10.2. The maximum atomic E-state index is 12.2. The van der Waals surface area contributed by atoms with E-state index in [1.165, 1.54) is 15.6 Å². The van der Waals surface area contributed by atoms with Gasteiger partial charge in [0.25, 0.3) is 5.56 Å². The van der Waals surface area contributed by atoms with Crippen LogP contribution in [-0.2, 0) is 13.6 Å². The fraction of sp³-hybridized carbons (Fsp3) is 0.167. The van der Waals surface area contributed by atoms with Crippen molar-refractivity contribution in [2.75, 3.05) is 0 Å². The molecule has 0 saturated carbocycles. The molecule has 0 amide bonds. The quantitative estimate of drug-likeness (QED) is 0.658. The minimum Gasteiger partial charge on any atom is -0.293 e. The van der Waals surface area contributed by atoms with Crippen LogP contribution in [0.15, 0.2) is 41.5 Å². The van der Waals surface area contributed by atoms with E-state index in [1.54, 1.807) is 7.05 Å². The van der Waals surface area contributed by atoms with Crippen LogP contribution in [0.4, 0.5) is 0 Å². The van der Waals surface area contributed by atoms with Crippen molar-refractivity contribution in [1.82, 2.24) is 24.5 Å². The number of hydrogen-bond donors (Lipinski definition) is 0. The second kappa shape index (κ2) is 4.06. The molecule has 0 saturated heterocycles. The maximum Gasteiger partial charge on any atom is 0.283 e. The Hall–Kier alpha value is -2.50. The Morgan fingerprint density at radius 1 is 1.22 bits per heavy atom. The normalized spacial score (nSPS) is 10.9. The first-order chi connectivity index (χ1) is 8.75. The van der Waals surface area contributed by atoms with E-state index in [2.05, 4.69) is 15.3 Å². The number of aromatic nitrogens is 5. The highest BCUT2D eigenvalue weighted by Gasteiger charge is 2.09. The van der Waals surface area contributed by atoms with Gasteiger partial charge >= 0.3 is 0 Å². The highest BCUT2D eigenvalue weighted by atomic mass is 16.1. The van der Waals surface area contributed by atoms with Crippen molar-refractivity contribution in [3.8, 4) is 0 Å². The van der Waals surface area contributed by atoms with Gasteiger partial charge in [-0.15, -0.1) is 5.10 Å². The number of rotatable bonds is 2. The minimum absolute atomic E-state index is 0.169. The van der Waals surface area contributed by atoms with Crippen LogP contribution in [0.5, 0.6) is 0 Å². The van der Waals surface area contributed by atoms with Crippen molar-refractivity contribution in [1.29, 1.82) is 0 Å². The van der Waals surface area contributed by atoms with Gasteiger partial charge in [0.1, 0.15) is 6.33 Å². The third-order valence-electron chi connectivity index (χ3n) is 2.78. The van der Waals surface area contributed by atoms with E-state index in [9.17, 15) is 4.79 Å². The Kier molecular flexibility index (Phi) is 2.40. The molecule has 0 aliphatic heterocycles. The number of benzene rings is 1. The van der Waals surface area contributed by atoms with E-state index in [1.807, 2.05) is 30.3 Å². The summed E-state index contributed by atoms with van der Waals surface area (Å²) in [5.74, 6) is 0. The van der Waals surface area contributed by atoms with E-state index >= 15 is 0 Å². The molecule has 90 valence electrons. The summed E-state index contributed by atoms with van der Waals surface area (Å²) in [5.41, 5.74) is 1.68. The molecule has 6 heteroatoms. The van der Waals surface area contributed by atoms with Gasteiger partial charge in [0, 0.05) is 7.05 Å². The van der Waals surface area contributed by atoms with Crippen molar-refractivity contribution in [2.45, 2.75) is 6.54 Å². The first-order valence-corrected chi connectivity index (χ1v) is 5.54. The lowest BCUT2D eigenvalue weighted by Crippen LogP contribution is -2.21. The fourth-order valence-electron chi connectivity index (χ4n) is 1.84. The molecule has 0 N–H and O–H groups in total. The van der Waals surface area contributed by atoms with Crippen molar-refractivity contribution < 1.29 is 0 Å². The van der Waals surface area contributed by atoms with Gasteiger partial charge < -0.3 is 0 Å². The van der Waals surface area contributed by atoms with E-state index in [4.69, 9.17) is 0 Å². The van der Waals surface area contributed by atoms with Crippen LogP contribution in [0.2, 0.25) is 0 Å². The standard InChI is InChI=1S/C12H11N5O/c1-16-11-10(14-15-16)12(18)17(8-13-11)7-9-5-3-2-4-6-9/h2-6,8H,7H2,1H3. The maximum absolute atomic E-state index is 12.2. The summed E-state index contributed by atoms with van der Waals surface area (Å²) in [5, 5.41) is 7.63. The molecule has 0 bridgehead atoms. The number of fused-ring (bicyclic) bond motifs is 1. The molecule has 0 unspecified atom stereocenters. The van der Waals surface area contributed by atoms with Gasteiger partial charge in [-0.25, -0.2) is 9.67 Å². The fourth-order valence-corrected chi connectivity index (χ4v) is 1.84. The Balaban J connectivity index is 2.08. The number of hydrogen-bond acceptors (Lipinski definition) is 4. The van der Waals surface area contributed by atoms with E-state index in [0.29, 0.717) is 17.7 Å². The smallest absolute Gasteiger partial charge is 0.283 e. The molecule has 0 fully saturated rings. The highest BCUT2D eigenvalue weighted by molar-refractivity contribution is 5.67. The van der Waals surface area contributed by atoms with Crippen LogP contribution in [0, 0.1) is 0 Å². The molecule has 18 heavy (non-hydrogen) atoms. The summed E-state index contributed by atoms with van der Waals surface area (Å²) in [6, 6.07) is 9.75. The minimum atomic E-state index is -0.169. The van der Waals surface area contributed by atoms with Gasteiger partial charge in [-0.1, -0.05) is 35.5 Å². The topological polar surface area (TPSA) is 65.6 Å². The Labute approximate surface area is 103 Å². The molecule has 1 aromatic carbocycles. The molecule has 0 atom stereocenters. The van der Waals surface area contributed by atoms with Crippen molar-refractivity contribution in [3.05, 3.63) is 52.6 Å². The average Bonchev–Trinajstić information content (AvgIpc) is 2.77. The van der Waals surface area contributed by atoms with Gasteiger partial charge in [-0.05, 0) is 5.56 Å². The largest absolute Gasteiger partial charge is 0.293 e. The molecular weight excluding hydrogens is 230 g/mol. The molecule has 6 nitrogen and oxygen atoms in total. The zero-order chi connectivity index (χ0) is 12.5. The lowest BCUT2D eigenvalue weighted by Gasteiger charge is -2.04. The molecule has 3 aromatic rings. The van der Waals surface area contributed by atoms with Crippen molar-refractivity contribution >= 4 is 11.2 Å². The number of aryl methyl sites for hydroxylation is 1. The predicted octanol–water partition coefficient (Wildman–Crippen LogP) is 0.573. The predicted molar refractivity (Wildman–Crippen MR) is 66.1 cm³/mol. The van der Waals surface area contributed by atoms with Crippen molar-refractivity contribution in [2.24, 2.45) is 7.05 Å². The summed E-state index contributed by atoms with van der Waals surface area (Å²) in [4.78, 5) is 16.4. The zero-order valence-corrected chi connectivity index (χ0v) is 9.82. The van der Waals surface area contributed by atoms with Gasteiger partial charge in [-0.2, -0.15) is 0 Å². The third kappa shape index (κ3) is 1.67. The van der Waals surface area contributed by atoms with Crippen LogP contribution in [0.3, 0.4) is 0 Å². The van der Waals surface area contributed by atoms with Gasteiger partial charge in [0.05, 0.1) is 6.54 Å². The molecule has 0 spiro atoms. The van der Waals surface area contributed by atoms with E-state index in [-0.39, 0.29) is 5.56 Å². The lowest BCUT2D eigenvalue weighted by molar-refractivity contribution is 0.724. The second-order valence-corrected chi connectivity index (χ2v) is 4.05. The highest BCUT2D eigenvalue weighted by Crippen LogP contribution is 2.03. The summed E-state index contributed by atoms with van der Waals surface area (Å²) < 4.78 is 3.02. The van der Waals surface area contributed by atoms with Gasteiger partial charge in [0.15, 0.2) is 11.2 Å². The summed E-state index contributed by atoms with van der Waals surface area (Å²) in [6.45, 7) is 0.485. The molecule has 2 aromatic heterocycles. The van der Waals surface area contributed by atoms with Crippen LogP contribution in [0.1, 0.15) is 5.56 Å². The van der Waals surface area contributed by atoms with Crippen LogP contribution in [0.25, 0.3) is 11.2 Å². The van der Waals surface area contributed by atoms with Crippen molar-refractivity contribution in [3.63, 3.8) is 0 Å². The van der Waals surface area contributed by atoms with Gasteiger partial charge in [0.2, 0.25) is 0 Å². The van der Waals surface area contributed by atoms with E-state index in [0.717, 1.165) is 5.56 Å². The van der Waals surface area contributed by atoms with E-state index < -0.39 is 0 Å². The monoisotopic (exact) mass is 241 g/mol. The zero-order valence-electron chi connectivity index (χ0n) is 9.82. The number of nitrogens with zero attached hydrogens (tertiary/aromatic N) is 5. The van der Waals surface area contributed by atoms with Crippen LogP contribution in [-0.4, -0.2) is 24.5 Å². The van der Waals surface area contributed by atoms with Crippen LogP contribution < -0.4 is 5.56 Å². The molecule has 0 aliphatic rings. The van der Waals surface area contributed by atoms with Crippen LogP contribution >= 0.6 is 0 Å². The average molecular weight is 241 g/mol. The second-order valence-electron chi connectivity index (χ2n) is 4.05. The molecule has 3 rings (SSSR count). The molecule has 2 heterocycles. The summed E-state index contributed by atoms with van der Waals surface area (Å²) >= 11 is 0. The molecule has 0 aliphatic carbocycles. The first kappa shape index (κ1) is 10.6. The Bertz CT molecular complexity index is 744. The molecular formula is C12H11N5O. The third-order valence-corrected chi connectivity index (χ3v) is 2.78. The first-order valence-electron chi connectivity index (χ1n) is 5.54. The van der Waals surface area contributed by atoms with Gasteiger partial charge in [-0.3, -0.25) is 9.36 Å². The SMILES string of the molecule is Cn1nnc2c(=O)n(Cc3ccccc3)cnc21. The Morgan fingerprint density at radius 3 is 2.78 bits per heavy atom. The Morgan fingerprint density at radius 2 is 2.00 bits per heavy atom.